The fourth-order valence-electron chi connectivity index (χ4n) is 1.90. The van der Waals surface area contributed by atoms with Crippen molar-refractivity contribution in [1.82, 2.24) is 9.21 Å². The van der Waals surface area contributed by atoms with Gasteiger partial charge in [0.25, 0.3) is 0 Å². The average Bonchev–Trinajstić information content (AvgIpc) is 2.13. The molecule has 0 aliphatic carbocycles. The lowest BCUT2D eigenvalue weighted by molar-refractivity contribution is -0.142. The van der Waals surface area contributed by atoms with E-state index in [4.69, 9.17) is 0 Å². The topological polar surface area (TPSA) is 57.7 Å². The minimum atomic E-state index is -3.38. The summed E-state index contributed by atoms with van der Waals surface area (Å²) in [6.07, 6.45) is 0. The molecule has 0 spiro atoms. The van der Waals surface area contributed by atoms with Crippen molar-refractivity contribution in [3.8, 4) is 0 Å². The molecule has 0 bridgehead atoms. The van der Waals surface area contributed by atoms with E-state index in [1.54, 1.807) is 39.6 Å². The predicted molar refractivity (Wildman–Crippen MR) is 62.5 cm³/mol. The second-order valence-electron chi connectivity index (χ2n) is 4.95. The zero-order chi connectivity index (χ0) is 12.7. The Hall–Kier alpha value is -0.620. The molecule has 1 rings (SSSR count). The molecule has 0 aromatic carbocycles. The largest absolute Gasteiger partial charge is 0.343 e. The smallest absolute Gasteiger partial charge is 0.243 e. The highest BCUT2D eigenvalue weighted by Gasteiger charge is 2.47. The lowest BCUT2D eigenvalue weighted by Gasteiger charge is -2.44. The van der Waals surface area contributed by atoms with Crippen molar-refractivity contribution < 1.29 is 13.2 Å². The number of carbonyl (C=O) groups is 1. The standard InChI is InChI=1S/C10H20N2O3S/c1-8(2)16(14,15)12-7-6-11(5)9(13)10(12,3)4/h8H,6-7H2,1-5H3. The number of sulfonamides is 1. The third-order valence-corrected chi connectivity index (χ3v) is 5.48. The molecule has 1 amide bonds. The van der Waals surface area contributed by atoms with Crippen molar-refractivity contribution in [2.24, 2.45) is 0 Å². The quantitative estimate of drug-likeness (QED) is 0.705. The fraction of sp³-hybridized carbons (Fsp3) is 0.900. The van der Waals surface area contributed by atoms with E-state index in [0.29, 0.717) is 13.1 Å². The van der Waals surface area contributed by atoms with Crippen molar-refractivity contribution in [3.05, 3.63) is 0 Å². The number of carbonyl (C=O) groups excluding carboxylic acids is 1. The maximum atomic E-state index is 12.1. The summed E-state index contributed by atoms with van der Waals surface area (Å²) in [5, 5.41) is -0.497. The van der Waals surface area contributed by atoms with Crippen LogP contribution in [-0.2, 0) is 14.8 Å². The lowest BCUT2D eigenvalue weighted by atomic mass is 10.0. The Labute approximate surface area is 97.5 Å². The molecule has 16 heavy (non-hydrogen) atoms. The molecule has 1 aliphatic heterocycles. The van der Waals surface area contributed by atoms with Gasteiger partial charge in [0.05, 0.1) is 5.25 Å². The predicted octanol–water partition coefficient (Wildman–Crippen LogP) is 0.277. The zero-order valence-corrected chi connectivity index (χ0v) is 11.3. The molecule has 94 valence electrons. The minimum absolute atomic E-state index is 0.150. The van der Waals surface area contributed by atoms with Gasteiger partial charge in [-0.05, 0) is 27.7 Å². The summed E-state index contributed by atoms with van der Waals surface area (Å²) in [7, 11) is -1.68. The Morgan fingerprint density at radius 3 is 2.19 bits per heavy atom. The van der Waals surface area contributed by atoms with Gasteiger partial charge in [0, 0.05) is 20.1 Å². The van der Waals surface area contributed by atoms with Gasteiger partial charge < -0.3 is 4.90 Å². The van der Waals surface area contributed by atoms with Crippen LogP contribution in [0, 0.1) is 0 Å². The van der Waals surface area contributed by atoms with Crippen LogP contribution in [0.4, 0.5) is 0 Å². The van der Waals surface area contributed by atoms with E-state index < -0.39 is 20.8 Å². The molecule has 1 heterocycles. The Balaban J connectivity index is 3.13. The first-order valence-electron chi connectivity index (χ1n) is 5.39. The monoisotopic (exact) mass is 248 g/mol. The summed E-state index contributed by atoms with van der Waals surface area (Å²) < 4.78 is 25.5. The van der Waals surface area contributed by atoms with Crippen LogP contribution >= 0.6 is 0 Å². The van der Waals surface area contributed by atoms with Crippen LogP contribution in [0.2, 0.25) is 0 Å². The third-order valence-electron chi connectivity index (χ3n) is 3.03. The first kappa shape index (κ1) is 13.4. The Bertz CT molecular complexity index is 387. The van der Waals surface area contributed by atoms with Gasteiger partial charge in [-0.1, -0.05) is 0 Å². The second kappa shape index (κ2) is 4.00. The molecule has 1 saturated heterocycles. The fourth-order valence-corrected chi connectivity index (χ4v) is 3.45. The van der Waals surface area contributed by atoms with Gasteiger partial charge in [0.2, 0.25) is 15.9 Å². The van der Waals surface area contributed by atoms with Crippen molar-refractivity contribution in [1.29, 1.82) is 0 Å². The van der Waals surface area contributed by atoms with E-state index in [2.05, 4.69) is 0 Å². The molecule has 0 radical (unpaired) electrons. The van der Waals surface area contributed by atoms with E-state index in [1.807, 2.05) is 0 Å². The first-order valence-corrected chi connectivity index (χ1v) is 6.89. The van der Waals surface area contributed by atoms with Crippen LogP contribution < -0.4 is 0 Å². The minimum Gasteiger partial charge on any atom is -0.343 e. The summed E-state index contributed by atoms with van der Waals surface area (Å²) in [6, 6.07) is 0. The van der Waals surface area contributed by atoms with Gasteiger partial charge in [-0.25, -0.2) is 8.42 Å². The highest BCUT2D eigenvalue weighted by atomic mass is 32.2. The molecule has 0 aromatic rings. The number of hydrogen-bond donors (Lipinski definition) is 0. The van der Waals surface area contributed by atoms with Crippen LogP contribution in [0.1, 0.15) is 27.7 Å². The number of piperazine rings is 1. The van der Waals surface area contributed by atoms with Gasteiger partial charge in [0.1, 0.15) is 5.54 Å². The van der Waals surface area contributed by atoms with Gasteiger partial charge in [0.15, 0.2) is 0 Å². The van der Waals surface area contributed by atoms with Crippen LogP contribution in [-0.4, -0.2) is 54.5 Å². The van der Waals surface area contributed by atoms with Crippen LogP contribution in [0.3, 0.4) is 0 Å². The van der Waals surface area contributed by atoms with Crippen molar-refractivity contribution in [2.45, 2.75) is 38.5 Å². The number of rotatable bonds is 2. The maximum absolute atomic E-state index is 12.1. The molecule has 5 nitrogen and oxygen atoms in total. The Morgan fingerprint density at radius 1 is 1.25 bits per heavy atom. The molecule has 0 N–H and O–H groups in total. The summed E-state index contributed by atoms with van der Waals surface area (Å²) >= 11 is 0. The Morgan fingerprint density at radius 2 is 1.75 bits per heavy atom. The van der Waals surface area contributed by atoms with Crippen molar-refractivity contribution in [3.63, 3.8) is 0 Å². The molecular formula is C10H20N2O3S. The van der Waals surface area contributed by atoms with E-state index in [1.165, 1.54) is 4.31 Å². The average molecular weight is 248 g/mol. The first-order chi connectivity index (χ1) is 7.11. The van der Waals surface area contributed by atoms with Crippen molar-refractivity contribution >= 4 is 15.9 Å². The molecule has 1 fully saturated rings. The molecule has 0 unspecified atom stereocenters. The molecule has 0 aromatic heterocycles. The van der Waals surface area contributed by atoms with Gasteiger partial charge in [-0.3, -0.25) is 4.79 Å². The summed E-state index contributed by atoms with van der Waals surface area (Å²) in [5.74, 6) is -0.150. The van der Waals surface area contributed by atoms with Gasteiger partial charge in [-0.2, -0.15) is 4.31 Å². The normalized spacial score (nSPS) is 22.9. The van der Waals surface area contributed by atoms with E-state index in [0.717, 1.165) is 0 Å². The van der Waals surface area contributed by atoms with Crippen LogP contribution in [0.15, 0.2) is 0 Å². The number of amides is 1. The van der Waals surface area contributed by atoms with E-state index >= 15 is 0 Å². The molecule has 1 aliphatic rings. The summed E-state index contributed by atoms with van der Waals surface area (Å²) in [4.78, 5) is 13.5. The maximum Gasteiger partial charge on any atom is 0.243 e. The van der Waals surface area contributed by atoms with E-state index in [-0.39, 0.29) is 5.91 Å². The summed E-state index contributed by atoms with van der Waals surface area (Å²) in [6.45, 7) is 7.40. The highest BCUT2D eigenvalue weighted by molar-refractivity contribution is 7.89. The number of likely N-dealkylation sites (N-methyl/N-ethyl adjacent to an activating group) is 1. The molecular weight excluding hydrogens is 228 g/mol. The third kappa shape index (κ3) is 1.96. The summed E-state index contributed by atoms with van der Waals surface area (Å²) in [5.41, 5.74) is -0.976. The van der Waals surface area contributed by atoms with E-state index in [9.17, 15) is 13.2 Å². The van der Waals surface area contributed by atoms with Crippen molar-refractivity contribution in [2.75, 3.05) is 20.1 Å². The molecule has 0 saturated carbocycles. The highest BCUT2D eigenvalue weighted by Crippen LogP contribution is 2.26. The number of nitrogens with zero attached hydrogens (tertiary/aromatic N) is 2. The zero-order valence-electron chi connectivity index (χ0n) is 10.5. The van der Waals surface area contributed by atoms with Crippen LogP contribution in [0.25, 0.3) is 0 Å². The second-order valence-corrected chi connectivity index (χ2v) is 7.37. The Kier molecular flexibility index (Phi) is 3.36. The lowest BCUT2D eigenvalue weighted by Crippen LogP contribution is -2.64. The SMILES string of the molecule is CC(C)S(=O)(=O)N1CCN(C)C(=O)C1(C)C. The molecule has 0 atom stereocenters. The number of hydrogen-bond acceptors (Lipinski definition) is 3. The van der Waals surface area contributed by atoms with Gasteiger partial charge in [-0.15, -0.1) is 0 Å². The molecule has 6 heteroatoms. The van der Waals surface area contributed by atoms with Crippen LogP contribution in [0.5, 0.6) is 0 Å². The van der Waals surface area contributed by atoms with Gasteiger partial charge >= 0.3 is 0 Å².